The van der Waals surface area contributed by atoms with Gasteiger partial charge in [0.25, 0.3) is 0 Å². The van der Waals surface area contributed by atoms with Crippen LogP contribution in [0.5, 0.6) is 0 Å². The fourth-order valence-electron chi connectivity index (χ4n) is 3.09. The van der Waals surface area contributed by atoms with E-state index in [1.54, 1.807) is 0 Å². The van der Waals surface area contributed by atoms with E-state index in [2.05, 4.69) is 39.0 Å². The van der Waals surface area contributed by atoms with Gasteiger partial charge in [-0.25, -0.2) is 4.39 Å². The van der Waals surface area contributed by atoms with Gasteiger partial charge in [-0.2, -0.15) is 0 Å². The third-order valence-electron chi connectivity index (χ3n) is 4.59. The van der Waals surface area contributed by atoms with Crippen LogP contribution in [0.4, 0.5) is 10.1 Å². The molecule has 3 nitrogen and oxygen atoms in total. The first-order valence-corrected chi connectivity index (χ1v) is 10.7. The lowest BCUT2D eigenvalue weighted by atomic mass is 10.1. The smallest absolute Gasteiger partial charge is 0.123 e. The highest BCUT2D eigenvalue weighted by atomic mass is 32.2. The summed E-state index contributed by atoms with van der Waals surface area (Å²) in [6.45, 7) is 3.71. The SMILES string of the molecule is C=S(CC(N)C#CCc1ccccc1)N1CCN(c2ccc(F)cc2)CC1. The Labute approximate surface area is 164 Å². The predicted molar refractivity (Wildman–Crippen MR) is 116 cm³/mol. The topological polar surface area (TPSA) is 32.5 Å². The van der Waals surface area contributed by atoms with Crippen LogP contribution in [0.15, 0.2) is 54.6 Å². The lowest BCUT2D eigenvalue weighted by Gasteiger charge is -2.37. The number of rotatable bonds is 5. The van der Waals surface area contributed by atoms with Gasteiger partial charge in [0.2, 0.25) is 0 Å². The molecule has 0 spiro atoms. The van der Waals surface area contributed by atoms with Crippen LogP contribution in [0.25, 0.3) is 0 Å². The average molecular weight is 384 g/mol. The lowest BCUT2D eigenvalue weighted by molar-refractivity contribution is 0.428. The van der Waals surface area contributed by atoms with Crippen LogP contribution in [0.1, 0.15) is 5.56 Å². The maximum atomic E-state index is 13.1. The van der Waals surface area contributed by atoms with E-state index in [-0.39, 0.29) is 22.5 Å². The van der Waals surface area contributed by atoms with Crippen molar-refractivity contribution in [2.24, 2.45) is 5.73 Å². The predicted octanol–water partition coefficient (Wildman–Crippen LogP) is 3.14. The van der Waals surface area contributed by atoms with Gasteiger partial charge in [-0.1, -0.05) is 48.0 Å². The summed E-state index contributed by atoms with van der Waals surface area (Å²) in [5.74, 6) is 11.3. The first kappa shape index (κ1) is 19.6. The molecule has 0 saturated carbocycles. The van der Waals surface area contributed by atoms with Crippen LogP contribution in [-0.2, 0) is 6.42 Å². The fourth-order valence-corrected chi connectivity index (χ4v) is 4.48. The number of piperazine rings is 1. The summed E-state index contributed by atoms with van der Waals surface area (Å²) in [6.07, 6.45) is 0.732. The van der Waals surface area contributed by atoms with Crippen molar-refractivity contribution >= 4 is 22.2 Å². The minimum Gasteiger partial charge on any atom is -0.369 e. The Hall–Kier alpha value is -2.13. The van der Waals surface area contributed by atoms with Crippen LogP contribution >= 0.6 is 10.7 Å². The number of nitrogens with two attached hydrogens (primary N) is 1. The molecule has 2 N–H and O–H groups in total. The molecule has 0 amide bonds. The Bertz CT molecular complexity index is 803. The second kappa shape index (κ2) is 9.70. The standard InChI is InChI=1S/C22H26FN3S/c1-27(18-21(24)9-5-8-19-6-3-2-4-7-19)26-16-14-25(15-17-26)22-12-10-20(23)11-13-22/h2-4,6-7,10-13,21H,1,8,14-18,24H2. The van der Waals surface area contributed by atoms with E-state index in [9.17, 15) is 4.39 Å². The Kier molecular flexibility index (Phi) is 7.05. The molecule has 2 atom stereocenters. The molecule has 0 aliphatic carbocycles. The molecule has 5 heteroatoms. The number of halogens is 1. The molecule has 0 aromatic heterocycles. The second-order valence-corrected chi connectivity index (χ2v) is 8.39. The number of nitrogens with zero attached hydrogens (tertiary/aromatic N) is 2. The van der Waals surface area contributed by atoms with Crippen molar-refractivity contribution in [1.29, 1.82) is 0 Å². The van der Waals surface area contributed by atoms with Gasteiger partial charge in [-0.3, -0.25) is 4.31 Å². The van der Waals surface area contributed by atoms with Gasteiger partial charge in [0.1, 0.15) is 5.82 Å². The van der Waals surface area contributed by atoms with Crippen molar-refractivity contribution in [3.05, 3.63) is 66.0 Å². The van der Waals surface area contributed by atoms with Crippen LogP contribution in [-0.4, -0.2) is 48.1 Å². The second-order valence-electron chi connectivity index (χ2n) is 6.61. The molecule has 0 radical (unpaired) electrons. The van der Waals surface area contributed by atoms with Crippen molar-refractivity contribution in [2.75, 3.05) is 36.8 Å². The lowest BCUT2D eigenvalue weighted by Crippen LogP contribution is -2.44. The number of anilines is 1. The molecule has 0 bridgehead atoms. The maximum Gasteiger partial charge on any atom is 0.123 e. The fraction of sp³-hybridized carbons (Fsp3) is 0.318. The van der Waals surface area contributed by atoms with E-state index in [1.807, 2.05) is 30.3 Å². The molecular formula is C22H26FN3S. The van der Waals surface area contributed by atoms with Crippen LogP contribution in [0.3, 0.4) is 0 Å². The van der Waals surface area contributed by atoms with Gasteiger partial charge < -0.3 is 10.6 Å². The Morgan fingerprint density at radius 3 is 2.37 bits per heavy atom. The quantitative estimate of drug-likeness (QED) is 0.636. The van der Waals surface area contributed by atoms with Gasteiger partial charge in [0.05, 0.1) is 6.04 Å². The Morgan fingerprint density at radius 1 is 1.04 bits per heavy atom. The summed E-state index contributed by atoms with van der Waals surface area (Å²) in [7, 11) is -0.140. The van der Waals surface area contributed by atoms with Crippen LogP contribution in [0.2, 0.25) is 0 Å². The first-order valence-electron chi connectivity index (χ1n) is 9.16. The van der Waals surface area contributed by atoms with E-state index in [1.165, 1.54) is 17.7 Å². The summed E-state index contributed by atoms with van der Waals surface area (Å²) in [5, 5.41) is 0. The van der Waals surface area contributed by atoms with E-state index in [0.29, 0.717) is 0 Å². The molecule has 1 heterocycles. The average Bonchev–Trinajstić information content (AvgIpc) is 2.69. The zero-order valence-electron chi connectivity index (χ0n) is 15.5. The molecule has 27 heavy (non-hydrogen) atoms. The van der Waals surface area contributed by atoms with Crippen molar-refractivity contribution in [2.45, 2.75) is 12.5 Å². The van der Waals surface area contributed by atoms with Gasteiger partial charge >= 0.3 is 0 Å². The van der Waals surface area contributed by atoms with Crippen molar-refractivity contribution in [3.8, 4) is 11.8 Å². The number of benzene rings is 2. The van der Waals surface area contributed by atoms with E-state index in [0.717, 1.165) is 44.0 Å². The number of hydrogen-bond donors (Lipinski definition) is 1. The minimum absolute atomic E-state index is 0.140. The molecule has 2 aromatic carbocycles. The minimum atomic E-state index is -0.195. The van der Waals surface area contributed by atoms with E-state index < -0.39 is 0 Å². The molecule has 1 aliphatic rings. The highest BCUT2D eigenvalue weighted by Crippen LogP contribution is 2.23. The molecule has 2 unspecified atom stereocenters. The van der Waals surface area contributed by atoms with Crippen molar-refractivity contribution in [1.82, 2.24) is 4.31 Å². The summed E-state index contributed by atoms with van der Waals surface area (Å²) in [6, 6.07) is 16.8. The zero-order chi connectivity index (χ0) is 19.1. The van der Waals surface area contributed by atoms with Crippen LogP contribution in [0, 0.1) is 17.7 Å². The largest absolute Gasteiger partial charge is 0.369 e. The molecule has 1 fully saturated rings. The van der Waals surface area contributed by atoms with Gasteiger partial charge in [0, 0.05) is 44.0 Å². The Balaban J connectivity index is 1.44. The van der Waals surface area contributed by atoms with E-state index >= 15 is 0 Å². The van der Waals surface area contributed by atoms with Gasteiger partial charge in [-0.05, 0) is 29.8 Å². The molecule has 142 valence electrons. The molecular weight excluding hydrogens is 357 g/mol. The highest BCUT2D eigenvalue weighted by molar-refractivity contribution is 8.12. The normalized spacial score (nSPS) is 17.0. The maximum absolute atomic E-state index is 13.1. The van der Waals surface area contributed by atoms with Crippen LogP contribution < -0.4 is 10.6 Å². The number of hydrogen-bond acceptors (Lipinski definition) is 3. The summed E-state index contributed by atoms with van der Waals surface area (Å²) in [5.41, 5.74) is 8.48. The van der Waals surface area contributed by atoms with Gasteiger partial charge in [0.15, 0.2) is 0 Å². The first-order chi connectivity index (χ1) is 13.1. The van der Waals surface area contributed by atoms with E-state index in [4.69, 9.17) is 5.73 Å². The van der Waals surface area contributed by atoms with Gasteiger partial charge in [-0.15, -0.1) is 10.7 Å². The monoisotopic (exact) mass is 383 g/mol. The highest BCUT2D eigenvalue weighted by Gasteiger charge is 2.19. The summed E-state index contributed by atoms with van der Waals surface area (Å²) in [4.78, 5) is 2.28. The summed E-state index contributed by atoms with van der Waals surface area (Å²) < 4.78 is 15.5. The Morgan fingerprint density at radius 2 is 1.70 bits per heavy atom. The third-order valence-corrected chi connectivity index (χ3v) is 6.43. The van der Waals surface area contributed by atoms with Crippen molar-refractivity contribution in [3.63, 3.8) is 0 Å². The summed E-state index contributed by atoms with van der Waals surface area (Å²) >= 11 is 0. The zero-order valence-corrected chi connectivity index (χ0v) is 16.3. The third kappa shape index (κ3) is 5.93. The molecule has 2 aromatic rings. The molecule has 3 rings (SSSR count). The van der Waals surface area contributed by atoms with Crippen molar-refractivity contribution < 1.29 is 4.39 Å². The molecule has 1 aliphatic heterocycles. The molecule has 1 saturated heterocycles.